The third kappa shape index (κ3) is 5.22. The Morgan fingerprint density at radius 1 is 1.05 bits per heavy atom. The molecule has 0 atom stereocenters. The summed E-state index contributed by atoms with van der Waals surface area (Å²) in [4.78, 5) is 35.6. The molecule has 1 amide bonds. The molecule has 0 radical (unpaired) electrons. The number of fused-ring (bicyclic) bond motifs is 1. The Hall–Kier alpha value is -5.16. The zero-order valence-electron chi connectivity index (χ0n) is 21.5. The molecule has 0 unspecified atom stereocenters. The van der Waals surface area contributed by atoms with E-state index in [1.54, 1.807) is 18.6 Å². The van der Waals surface area contributed by atoms with Crippen molar-refractivity contribution >= 4 is 33.1 Å². The summed E-state index contributed by atoms with van der Waals surface area (Å²) in [7, 11) is 0. The Morgan fingerprint density at radius 3 is 2.63 bits per heavy atom. The van der Waals surface area contributed by atoms with E-state index in [9.17, 15) is 14.0 Å². The molecule has 0 aliphatic rings. The molecule has 206 valence electrons. The number of thiophene rings is 1. The highest BCUT2D eigenvalue weighted by Gasteiger charge is 2.17. The SMILES string of the molecule is CCn1cnc(-c2cc3nccc(Oc4ccc(NC(=O)c5cccn(-c6ccc(F)cc6)c5=O)cc4F)c3s2)c1.[HH]. The van der Waals surface area contributed by atoms with E-state index in [0.29, 0.717) is 17.0 Å². The van der Waals surface area contributed by atoms with Gasteiger partial charge in [-0.15, -0.1) is 11.3 Å². The summed E-state index contributed by atoms with van der Waals surface area (Å²) in [6, 6.07) is 15.8. The Balaban J connectivity index is 0.00000353. The second-order valence-corrected chi connectivity index (χ2v) is 10.1. The van der Waals surface area contributed by atoms with E-state index in [2.05, 4.69) is 15.3 Å². The zero-order chi connectivity index (χ0) is 28.5. The number of pyridine rings is 2. The number of carbonyl (C=O) groups excluding carboxylic acids is 1. The molecule has 8 nitrogen and oxygen atoms in total. The number of anilines is 1. The first-order valence-corrected chi connectivity index (χ1v) is 13.4. The third-order valence-electron chi connectivity index (χ3n) is 6.33. The van der Waals surface area contributed by atoms with Gasteiger partial charge in [0.25, 0.3) is 11.5 Å². The van der Waals surface area contributed by atoms with Gasteiger partial charge in [0.15, 0.2) is 11.6 Å². The van der Waals surface area contributed by atoms with Gasteiger partial charge in [0.2, 0.25) is 0 Å². The van der Waals surface area contributed by atoms with Gasteiger partial charge in [0.05, 0.1) is 27.1 Å². The van der Waals surface area contributed by atoms with E-state index in [0.717, 1.165) is 27.9 Å². The van der Waals surface area contributed by atoms with E-state index in [1.807, 2.05) is 23.8 Å². The van der Waals surface area contributed by atoms with Gasteiger partial charge in [-0.1, -0.05) is 0 Å². The van der Waals surface area contributed by atoms with Gasteiger partial charge in [-0.2, -0.15) is 0 Å². The Kier molecular flexibility index (Phi) is 6.86. The minimum absolute atomic E-state index is 0. The molecule has 0 saturated carbocycles. The monoisotopic (exact) mass is 571 g/mol. The molecular formula is C30H23F2N5O3S. The lowest BCUT2D eigenvalue weighted by molar-refractivity contribution is 0.102. The first-order chi connectivity index (χ1) is 19.9. The van der Waals surface area contributed by atoms with Crippen LogP contribution in [0.1, 0.15) is 18.7 Å². The summed E-state index contributed by atoms with van der Waals surface area (Å²) in [5, 5.41) is 2.55. The number of nitrogens with zero attached hydrogens (tertiary/aromatic N) is 4. The molecule has 0 bridgehead atoms. The van der Waals surface area contributed by atoms with Crippen LogP contribution in [0.2, 0.25) is 0 Å². The summed E-state index contributed by atoms with van der Waals surface area (Å²) in [5.74, 6) is -1.48. The van der Waals surface area contributed by atoms with Gasteiger partial charge in [0.1, 0.15) is 17.1 Å². The van der Waals surface area contributed by atoms with E-state index >= 15 is 4.39 Å². The minimum atomic E-state index is -0.716. The first-order valence-electron chi connectivity index (χ1n) is 12.6. The summed E-state index contributed by atoms with van der Waals surface area (Å²) >= 11 is 1.44. The lowest BCUT2D eigenvalue weighted by atomic mass is 10.2. The van der Waals surface area contributed by atoms with Gasteiger partial charge in [-0.25, -0.2) is 13.8 Å². The number of ether oxygens (including phenoxy) is 1. The first kappa shape index (κ1) is 26.1. The van der Waals surface area contributed by atoms with E-state index in [-0.39, 0.29) is 18.4 Å². The van der Waals surface area contributed by atoms with E-state index < -0.39 is 23.1 Å². The van der Waals surface area contributed by atoms with E-state index in [4.69, 9.17) is 4.74 Å². The maximum atomic E-state index is 15.1. The molecule has 2 aromatic carbocycles. The second-order valence-electron chi connectivity index (χ2n) is 9.00. The molecule has 6 rings (SSSR count). The van der Waals surface area contributed by atoms with Crippen LogP contribution in [0.4, 0.5) is 14.5 Å². The second kappa shape index (κ2) is 10.8. The molecule has 4 aromatic heterocycles. The van der Waals surface area contributed by atoms with Crippen LogP contribution in [0.15, 0.2) is 96.4 Å². The van der Waals surface area contributed by atoms with Crippen molar-refractivity contribution in [3.8, 4) is 27.8 Å². The van der Waals surface area contributed by atoms with Gasteiger partial charge in [-0.3, -0.25) is 19.1 Å². The van der Waals surface area contributed by atoms with E-state index in [1.165, 1.54) is 70.6 Å². The standard InChI is InChI=1S/C30H21F2N5O3S.H2/c1-2-36-16-24(34-17-36)27-15-23-28(41-27)26(11-12-33-23)40-25-10-7-19(14-22(25)32)35-29(38)21-4-3-13-37(30(21)39)20-8-5-18(31)6-9-20;/h3-17H,2H2,1H3,(H,35,38);1H. The third-order valence-corrected chi connectivity index (χ3v) is 7.49. The highest BCUT2D eigenvalue weighted by Crippen LogP contribution is 2.39. The predicted octanol–water partition coefficient (Wildman–Crippen LogP) is 6.90. The average molecular weight is 572 g/mol. The van der Waals surface area contributed by atoms with Gasteiger partial charge in [-0.05, 0) is 61.5 Å². The molecule has 0 fully saturated rings. The summed E-state index contributed by atoms with van der Waals surface area (Å²) < 4.78 is 38.2. The molecule has 0 spiro atoms. The van der Waals surface area contributed by atoms with Gasteiger partial charge < -0.3 is 14.6 Å². The number of halogens is 2. The number of rotatable bonds is 7. The van der Waals surface area contributed by atoms with Crippen molar-refractivity contribution in [1.82, 2.24) is 19.1 Å². The van der Waals surface area contributed by atoms with Crippen molar-refractivity contribution in [1.29, 1.82) is 0 Å². The molecule has 4 heterocycles. The van der Waals surface area contributed by atoms with Crippen molar-refractivity contribution in [2.45, 2.75) is 13.5 Å². The lowest BCUT2D eigenvalue weighted by Crippen LogP contribution is -2.27. The van der Waals surface area contributed by atoms with Crippen molar-refractivity contribution in [2.75, 3.05) is 5.32 Å². The van der Waals surface area contributed by atoms with Crippen LogP contribution in [0.3, 0.4) is 0 Å². The number of hydrogen-bond acceptors (Lipinski definition) is 6. The fourth-order valence-corrected chi connectivity index (χ4v) is 5.26. The number of benzene rings is 2. The molecule has 6 aromatic rings. The minimum Gasteiger partial charge on any atom is -0.453 e. The molecule has 0 aliphatic heterocycles. The van der Waals surface area contributed by atoms with Crippen LogP contribution in [0, 0.1) is 11.6 Å². The molecular weight excluding hydrogens is 548 g/mol. The highest BCUT2D eigenvalue weighted by molar-refractivity contribution is 7.22. The molecule has 0 saturated heterocycles. The molecule has 1 N–H and O–H groups in total. The van der Waals surface area contributed by atoms with Crippen LogP contribution in [0.5, 0.6) is 11.5 Å². The largest absolute Gasteiger partial charge is 0.453 e. The molecule has 11 heteroatoms. The zero-order valence-corrected chi connectivity index (χ0v) is 22.4. The number of hydrogen-bond donors (Lipinski definition) is 1. The van der Waals surface area contributed by atoms with Gasteiger partial charge >= 0.3 is 0 Å². The molecule has 0 aliphatic carbocycles. The number of amides is 1. The fraction of sp³-hybridized carbons (Fsp3) is 0.0667. The van der Waals surface area contributed by atoms with Crippen molar-refractivity contribution in [3.05, 3.63) is 119 Å². The number of aromatic nitrogens is 4. The topological polar surface area (TPSA) is 91.0 Å². The van der Waals surface area contributed by atoms with Crippen molar-refractivity contribution < 1.29 is 19.7 Å². The number of aryl methyl sites for hydroxylation is 1. The Bertz CT molecular complexity index is 1970. The van der Waals surface area contributed by atoms with Crippen molar-refractivity contribution in [2.24, 2.45) is 0 Å². The smallest absolute Gasteiger partial charge is 0.267 e. The van der Waals surface area contributed by atoms with Crippen LogP contribution in [-0.4, -0.2) is 25.0 Å². The number of imidazole rings is 1. The fourth-order valence-electron chi connectivity index (χ4n) is 4.23. The maximum absolute atomic E-state index is 15.1. The van der Waals surface area contributed by atoms with Crippen LogP contribution < -0.4 is 15.6 Å². The Labute approximate surface area is 237 Å². The average Bonchev–Trinajstić information content (AvgIpc) is 3.63. The number of nitrogens with one attached hydrogen (secondary N) is 1. The Morgan fingerprint density at radius 2 is 1.88 bits per heavy atom. The maximum Gasteiger partial charge on any atom is 0.267 e. The normalized spacial score (nSPS) is 11.1. The summed E-state index contributed by atoms with van der Waals surface area (Å²) in [6.45, 7) is 2.84. The van der Waals surface area contributed by atoms with Crippen LogP contribution in [-0.2, 0) is 6.54 Å². The highest BCUT2D eigenvalue weighted by atomic mass is 32.1. The molecule has 41 heavy (non-hydrogen) atoms. The van der Waals surface area contributed by atoms with Crippen LogP contribution >= 0.6 is 11.3 Å². The van der Waals surface area contributed by atoms with Crippen LogP contribution in [0.25, 0.3) is 26.5 Å². The van der Waals surface area contributed by atoms with Crippen molar-refractivity contribution in [3.63, 3.8) is 0 Å². The van der Waals surface area contributed by atoms with Gasteiger partial charge in [0, 0.05) is 50.1 Å². The summed E-state index contributed by atoms with van der Waals surface area (Å²) in [5.41, 5.74) is 1.30. The lowest BCUT2D eigenvalue weighted by Gasteiger charge is -2.11. The quantitative estimate of drug-likeness (QED) is 0.225. The predicted molar refractivity (Wildman–Crippen MR) is 155 cm³/mol. The number of carbonyl (C=O) groups is 1. The summed E-state index contributed by atoms with van der Waals surface area (Å²) in [6.07, 6.45) is 6.77.